The summed E-state index contributed by atoms with van der Waals surface area (Å²) in [5, 5.41) is 9.67. The number of H-pyrrole nitrogens is 1. The van der Waals surface area contributed by atoms with E-state index in [-0.39, 0.29) is 11.4 Å². The first kappa shape index (κ1) is 10.0. The fraction of sp³-hybridized carbons (Fsp3) is 0.100. The number of phenolic OH excluding ortho intramolecular Hbond substituents is 1. The summed E-state index contributed by atoms with van der Waals surface area (Å²) >= 11 is 3.24. The maximum absolute atomic E-state index is 11.5. The Balaban J connectivity index is 2.64. The smallest absolute Gasteiger partial charge is 0.330 e. The van der Waals surface area contributed by atoms with Crippen LogP contribution in [0.5, 0.6) is 5.75 Å². The standard InChI is InChI=1S/C10H9BrN2O2/c1-6-5-13(10(15)12-6)8-3-2-7(11)4-9(8)14/h2-5,14H,1H3,(H,12,15). The van der Waals surface area contributed by atoms with Crippen LogP contribution >= 0.6 is 15.9 Å². The zero-order valence-electron chi connectivity index (χ0n) is 7.99. The molecule has 0 spiro atoms. The molecule has 4 nitrogen and oxygen atoms in total. The van der Waals surface area contributed by atoms with Crippen LogP contribution in [0, 0.1) is 6.92 Å². The summed E-state index contributed by atoms with van der Waals surface area (Å²) in [4.78, 5) is 14.1. The summed E-state index contributed by atoms with van der Waals surface area (Å²) in [6, 6.07) is 4.99. The molecule has 0 unspecified atom stereocenters. The van der Waals surface area contributed by atoms with Gasteiger partial charge >= 0.3 is 5.69 Å². The van der Waals surface area contributed by atoms with E-state index in [1.807, 2.05) is 0 Å². The van der Waals surface area contributed by atoms with Gasteiger partial charge in [-0.05, 0) is 25.1 Å². The van der Waals surface area contributed by atoms with Crippen LogP contribution in [-0.2, 0) is 0 Å². The van der Waals surface area contributed by atoms with Crippen LogP contribution < -0.4 is 5.69 Å². The van der Waals surface area contributed by atoms with Gasteiger partial charge in [0.05, 0.1) is 5.69 Å². The van der Waals surface area contributed by atoms with Gasteiger partial charge in [0.2, 0.25) is 0 Å². The maximum Gasteiger partial charge on any atom is 0.330 e. The van der Waals surface area contributed by atoms with Crippen molar-refractivity contribution in [2.24, 2.45) is 0 Å². The Bertz CT molecular complexity index is 557. The highest BCUT2D eigenvalue weighted by molar-refractivity contribution is 9.10. The van der Waals surface area contributed by atoms with Crippen molar-refractivity contribution in [2.75, 3.05) is 0 Å². The van der Waals surface area contributed by atoms with Gasteiger partial charge in [0.15, 0.2) is 0 Å². The predicted molar refractivity (Wildman–Crippen MR) is 60.5 cm³/mol. The Kier molecular flexibility index (Phi) is 2.40. The number of rotatable bonds is 1. The van der Waals surface area contributed by atoms with Crippen LogP contribution in [0.2, 0.25) is 0 Å². The summed E-state index contributed by atoms with van der Waals surface area (Å²) in [6.45, 7) is 1.79. The molecule has 1 aromatic carbocycles. The molecule has 2 N–H and O–H groups in total. The van der Waals surface area contributed by atoms with Gasteiger partial charge in [0.25, 0.3) is 0 Å². The second-order valence-electron chi connectivity index (χ2n) is 3.25. The number of hydrogen-bond donors (Lipinski definition) is 2. The van der Waals surface area contributed by atoms with Crippen molar-refractivity contribution in [2.45, 2.75) is 6.92 Å². The molecule has 0 aliphatic carbocycles. The first-order valence-corrected chi connectivity index (χ1v) is 5.14. The SMILES string of the molecule is Cc1cn(-c2ccc(Br)cc2O)c(=O)[nH]1. The van der Waals surface area contributed by atoms with E-state index in [1.165, 1.54) is 4.57 Å². The number of hydrogen-bond acceptors (Lipinski definition) is 2. The fourth-order valence-corrected chi connectivity index (χ4v) is 1.74. The summed E-state index contributed by atoms with van der Waals surface area (Å²) in [7, 11) is 0. The van der Waals surface area contributed by atoms with Gasteiger partial charge in [-0.2, -0.15) is 0 Å². The average Bonchev–Trinajstić information content (AvgIpc) is 2.45. The highest BCUT2D eigenvalue weighted by Crippen LogP contribution is 2.24. The zero-order valence-corrected chi connectivity index (χ0v) is 9.58. The summed E-state index contributed by atoms with van der Waals surface area (Å²) in [5.41, 5.74) is 0.958. The molecule has 0 amide bonds. The van der Waals surface area contributed by atoms with Crippen LogP contribution in [0.25, 0.3) is 5.69 Å². The Labute approximate surface area is 94.3 Å². The van der Waals surface area contributed by atoms with Gasteiger partial charge in [0.1, 0.15) is 5.75 Å². The average molecular weight is 269 g/mol. The van der Waals surface area contributed by atoms with E-state index in [2.05, 4.69) is 20.9 Å². The van der Waals surface area contributed by atoms with Crippen molar-refractivity contribution in [3.05, 3.63) is 45.0 Å². The van der Waals surface area contributed by atoms with Crippen molar-refractivity contribution in [1.82, 2.24) is 9.55 Å². The maximum atomic E-state index is 11.5. The molecule has 15 heavy (non-hydrogen) atoms. The first-order chi connectivity index (χ1) is 7.08. The van der Waals surface area contributed by atoms with Crippen LogP contribution in [0.4, 0.5) is 0 Å². The van der Waals surface area contributed by atoms with E-state index in [0.29, 0.717) is 5.69 Å². The number of nitrogens with one attached hydrogen (secondary N) is 1. The second-order valence-corrected chi connectivity index (χ2v) is 4.16. The molecule has 0 saturated carbocycles. The molecule has 0 bridgehead atoms. The molecule has 0 aliphatic rings. The number of imidazole rings is 1. The highest BCUT2D eigenvalue weighted by atomic mass is 79.9. The summed E-state index contributed by atoms with van der Waals surface area (Å²) in [6.07, 6.45) is 1.64. The minimum atomic E-state index is -0.259. The van der Waals surface area contributed by atoms with Crippen LogP contribution in [0.3, 0.4) is 0 Å². The number of aromatic amines is 1. The van der Waals surface area contributed by atoms with Crippen molar-refractivity contribution in [3.8, 4) is 11.4 Å². The zero-order chi connectivity index (χ0) is 11.0. The van der Waals surface area contributed by atoms with Gasteiger partial charge in [-0.15, -0.1) is 0 Å². The third kappa shape index (κ3) is 1.83. The molecular weight excluding hydrogens is 260 g/mol. The van der Waals surface area contributed by atoms with Crippen molar-refractivity contribution in [3.63, 3.8) is 0 Å². The predicted octanol–water partition coefficient (Wildman–Crippen LogP) is 1.94. The first-order valence-electron chi connectivity index (χ1n) is 4.35. The molecule has 0 radical (unpaired) electrons. The van der Waals surface area contributed by atoms with Crippen molar-refractivity contribution >= 4 is 15.9 Å². The number of halogens is 1. The second kappa shape index (κ2) is 3.58. The topological polar surface area (TPSA) is 58.0 Å². The van der Waals surface area contributed by atoms with Crippen molar-refractivity contribution in [1.29, 1.82) is 0 Å². The lowest BCUT2D eigenvalue weighted by molar-refractivity contribution is 0.471. The van der Waals surface area contributed by atoms with Crippen LogP contribution in [-0.4, -0.2) is 14.7 Å². The van der Waals surface area contributed by atoms with Crippen LogP contribution in [0.15, 0.2) is 33.7 Å². The number of phenols is 1. The molecule has 0 atom stereocenters. The minimum Gasteiger partial charge on any atom is -0.506 e. The third-order valence-electron chi connectivity index (χ3n) is 2.04. The Morgan fingerprint density at radius 2 is 2.20 bits per heavy atom. The minimum absolute atomic E-state index is 0.0606. The van der Waals surface area contributed by atoms with Crippen molar-refractivity contribution < 1.29 is 5.11 Å². The Morgan fingerprint density at radius 1 is 1.47 bits per heavy atom. The largest absolute Gasteiger partial charge is 0.506 e. The lowest BCUT2D eigenvalue weighted by atomic mass is 10.3. The monoisotopic (exact) mass is 268 g/mol. The molecule has 1 aromatic heterocycles. The van der Waals surface area contributed by atoms with E-state index < -0.39 is 0 Å². The summed E-state index contributed by atoms with van der Waals surface area (Å²) < 4.78 is 2.14. The van der Waals surface area contributed by atoms with E-state index in [1.54, 1.807) is 31.3 Å². The number of aromatic hydroxyl groups is 1. The van der Waals surface area contributed by atoms with E-state index in [4.69, 9.17) is 0 Å². The molecule has 5 heteroatoms. The molecule has 0 saturated heterocycles. The third-order valence-corrected chi connectivity index (χ3v) is 2.54. The normalized spacial score (nSPS) is 10.5. The van der Waals surface area contributed by atoms with Crippen LogP contribution in [0.1, 0.15) is 5.69 Å². The number of aromatic nitrogens is 2. The van der Waals surface area contributed by atoms with E-state index >= 15 is 0 Å². The molecule has 0 aliphatic heterocycles. The van der Waals surface area contributed by atoms with E-state index in [9.17, 15) is 9.90 Å². The fourth-order valence-electron chi connectivity index (χ4n) is 1.39. The lowest BCUT2D eigenvalue weighted by Crippen LogP contribution is -2.14. The Morgan fingerprint density at radius 3 is 2.73 bits per heavy atom. The molecule has 2 aromatic rings. The summed E-state index contributed by atoms with van der Waals surface area (Å²) in [5.74, 6) is 0.0606. The molecule has 0 fully saturated rings. The van der Waals surface area contributed by atoms with E-state index in [0.717, 1.165) is 10.2 Å². The van der Waals surface area contributed by atoms with Gasteiger partial charge in [-0.25, -0.2) is 4.79 Å². The molecular formula is C10H9BrN2O2. The number of nitrogens with zero attached hydrogens (tertiary/aromatic N) is 1. The van der Waals surface area contributed by atoms with Gasteiger partial charge in [0, 0.05) is 16.4 Å². The van der Waals surface area contributed by atoms with Gasteiger partial charge < -0.3 is 10.1 Å². The molecule has 1 heterocycles. The molecule has 78 valence electrons. The molecule has 2 rings (SSSR count). The lowest BCUT2D eigenvalue weighted by Gasteiger charge is -2.04. The highest BCUT2D eigenvalue weighted by Gasteiger charge is 2.07. The number of benzene rings is 1. The van der Waals surface area contributed by atoms with Gasteiger partial charge in [-0.1, -0.05) is 15.9 Å². The Hall–Kier alpha value is -1.49. The van der Waals surface area contributed by atoms with Gasteiger partial charge in [-0.3, -0.25) is 4.57 Å². The number of aryl methyl sites for hydroxylation is 1. The quantitative estimate of drug-likeness (QED) is 0.831.